The van der Waals surface area contributed by atoms with Crippen molar-refractivity contribution < 1.29 is 14.3 Å². The van der Waals surface area contributed by atoms with Gasteiger partial charge in [0.05, 0.1) is 23.1 Å². The van der Waals surface area contributed by atoms with E-state index in [-0.39, 0.29) is 17.7 Å². The van der Waals surface area contributed by atoms with Crippen molar-refractivity contribution in [2.45, 2.75) is 28.9 Å². The molecular formula is C24H26N6O3S2. The number of ether oxygens (including phenoxy) is 1. The van der Waals surface area contributed by atoms with E-state index in [0.29, 0.717) is 42.6 Å². The zero-order valence-electron chi connectivity index (χ0n) is 19.6. The first-order valence-corrected chi connectivity index (χ1v) is 13.1. The topological polar surface area (TPSA) is 101 Å². The van der Waals surface area contributed by atoms with E-state index in [1.807, 2.05) is 30.0 Å². The normalized spacial score (nSPS) is 15.7. The smallest absolute Gasteiger partial charge is 0.257 e. The minimum absolute atomic E-state index is 0.0456. The quantitative estimate of drug-likeness (QED) is 0.513. The third-order valence-electron chi connectivity index (χ3n) is 6.06. The number of hydrogen-bond donors (Lipinski definition) is 1. The number of amides is 2. The van der Waals surface area contributed by atoms with Crippen LogP contribution in [0.25, 0.3) is 0 Å². The van der Waals surface area contributed by atoms with Gasteiger partial charge in [0.25, 0.3) is 5.91 Å². The molecule has 0 bridgehead atoms. The molecule has 2 amide bonds. The fourth-order valence-corrected chi connectivity index (χ4v) is 5.86. The van der Waals surface area contributed by atoms with Gasteiger partial charge in [-0.2, -0.15) is 0 Å². The summed E-state index contributed by atoms with van der Waals surface area (Å²) in [6.45, 7) is 4.60. The third-order valence-corrected chi connectivity index (χ3v) is 8.23. The fraction of sp³-hybridized carbons (Fsp3) is 0.375. The molecule has 182 valence electrons. The molecule has 1 aliphatic heterocycles. The van der Waals surface area contributed by atoms with Crippen LogP contribution in [-0.4, -0.2) is 65.0 Å². The number of methoxy groups -OCH3 is 1. The Bertz CT molecular complexity index is 1220. The zero-order chi connectivity index (χ0) is 24.4. The van der Waals surface area contributed by atoms with Crippen LogP contribution in [0.1, 0.15) is 28.8 Å². The van der Waals surface area contributed by atoms with Gasteiger partial charge in [-0.05, 0) is 43.5 Å². The summed E-state index contributed by atoms with van der Waals surface area (Å²) in [5.41, 5.74) is 1.55. The Morgan fingerprint density at radius 3 is 2.66 bits per heavy atom. The molecule has 2 aromatic heterocycles. The molecule has 1 saturated heterocycles. The SMILES string of the molecule is COc1cc(C)c(Sc2cnc(NC(=O)C3CC3)s2)cc1C(=O)N1CCN(c2ccncn2)CC1. The molecule has 11 heteroatoms. The highest BCUT2D eigenvalue weighted by molar-refractivity contribution is 8.01. The highest BCUT2D eigenvalue weighted by Crippen LogP contribution is 2.39. The maximum absolute atomic E-state index is 13.5. The van der Waals surface area contributed by atoms with E-state index < -0.39 is 0 Å². The summed E-state index contributed by atoms with van der Waals surface area (Å²) in [5, 5.41) is 3.50. The first-order valence-electron chi connectivity index (χ1n) is 11.4. The van der Waals surface area contributed by atoms with Gasteiger partial charge in [0.1, 0.15) is 17.9 Å². The van der Waals surface area contributed by atoms with E-state index >= 15 is 0 Å². The van der Waals surface area contributed by atoms with Crippen molar-refractivity contribution in [1.82, 2.24) is 19.9 Å². The molecule has 3 heterocycles. The number of benzene rings is 1. The molecule has 1 N–H and O–H groups in total. The van der Waals surface area contributed by atoms with Crippen molar-refractivity contribution in [3.63, 3.8) is 0 Å². The van der Waals surface area contributed by atoms with Crippen molar-refractivity contribution >= 4 is 45.9 Å². The van der Waals surface area contributed by atoms with Crippen LogP contribution in [0.2, 0.25) is 0 Å². The van der Waals surface area contributed by atoms with Crippen molar-refractivity contribution in [2.24, 2.45) is 5.92 Å². The largest absolute Gasteiger partial charge is 0.496 e. The molecule has 0 atom stereocenters. The minimum Gasteiger partial charge on any atom is -0.496 e. The van der Waals surface area contributed by atoms with Crippen LogP contribution in [-0.2, 0) is 4.79 Å². The maximum atomic E-state index is 13.5. The summed E-state index contributed by atoms with van der Waals surface area (Å²) in [4.78, 5) is 43.1. The van der Waals surface area contributed by atoms with Crippen LogP contribution in [0.4, 0.5) is 10.9 Å². The Kier molecular flexibility index (Phi) is 6.87. The lowest BCUT2D eigenvalue weighted by atomic mass is 10.1. The second-order valence-corrected chi connectivity index (χ2v) is 10.9. The number of aromatic nitrogens is 3. The van der Waals surface area contributed by atoms with Gasteiger partial charge >= 0.3 is 0 Å². The van der Waals surface area contributed by atoms with Gasteiger partial charge < -0.3 is 19.9 Å². The van der Waals surface area contributed by atoms with E-state index in [2.05, 4.69) is 25.2 Å². The molecule has 2 fully saturated rings. The van der Waals surface area contributed by atoms with E-state index in [0.717, 1.165) is 33.3 Å². The van der Waals surface area contributed by atoms with Gasteiger partial charge in [-0.25, -0.2) is 15.0 Å². The van der Waals surface area contributed by atoms with Crippen LogP contribution < -0.4 is 15.0 Å². The lowest BCUT2D eigenvalue weighted by molar-refractivity contribution is -0.117. The summed E-state index contributed by atoms with van der Waals surface area (Å²) in [5.74, 6) is 1.57. The summed E-state index contributed by atoms with van der Waals surface area (Å²) in [6.07, 6.45) is 6.93. The Morgan fingerprint density at radius 2 is 1.97 bits per heavy atom. The third kappa shape index (κ3) is 5.40. The van der Waals surface area contributed by atoms with Crippen LogP contribution >= 0.6 is 23.1 Å². The second-order valence-electron chi connectivity index (χ2n) is 8.51. The lowest BCUT2D eigenvalue weighted by Crippen LogP contribution is -2.49. The lowest BCUT2D eigenvalue weighted by Gasteiger charge is -2.35. The number of carbonyl (C=O) groups is 2. The molecular weight excluding hydrogens is 484 g/mol. The molecule has 1 aromatic carbocycles. The van der Waals surface area contributed by atoms with Crippen molar-refractivity contribution in [3.8, 4) is 5.75 Å². The first-order chi connectivity index (χ1) is 17.0. The molecule has 0 unspecified atom stereocenters. The van der Waals surface area contributed by atoms with Gasteiger partial charge in [0, 0.05) is 43.2 Å². The van der Waals surface area contributed by atoms with Crippen molar-refractivity contribution in [2.75, 3.05) is 43.5 Å². The molecule has 3 aromatic rings. The van der Waals surface area contributed by atoms with E-state index in [9.17, 15) is 9.59 Å². The number of nitrogens with one attached hydrogen (secondary N) is 1. The standard InChI is InChI=1S/C24H26N6O3S2/c1-15-11-18(33-2)17(23(32)30-9-7-29(8-10-30)20-5-6-25-14-27-20)12-19(15)34-21-13-26-24(35-21)28-22(31)16-3-4-16/h5-6,11-14,16H,3-4,7-10H2,1-2H3,(H,26,28,31). The predicted molar refractivity (Wildman–Crippen MR) is 135 cm³/mol. The van der Waals surface area contributed by atoms with E-state index in [1.165, 1.54) is 29.4 Å². The van der Waals surface area contributed by atoms with E-state index in [4.69, 9.17) is 4.74 Å². The van der Waals surface area contributed by atoms with Crippen LogP contribution in [0.5, 0.6) is 5.75 Å². The van der Waals surface area contributed by atoms with Crippen LogP contribution in [0, 0.1) is 12.8 Å². The molecule has 9 nitrogen and oxygen atoms in total. The highest BCUT2D eigenvalue weighted by Gasteiger charge is 2.30. The number of nitrogens with zero attached hydrogens (tertiary/aromatic N) is 5. The maximum Gasteiger partial charge on any atom is 0.257 e. The number of thiazole rings is 1. The molecule has 0 radical (unpaired) electrons. The predicted octanol–water partition coefficient (Wildman–Crippen LogP) is 3.71. The molecule has 0 spiro atoms. The van der Waals surface area contributed by atoms with Gasteiger partial charge in [-0.15, -0.1) is 0 Å². The van der Waals surface area contributed by atoms with Crippen molar-refractivity contribution in [3.05, 3.63) is 48.0 Å². The molecule has 1 saturated carbocycles. The van der Waals surface area contributed by atoms with Gasteiger partial charge in [-0.1, -0.05) is 23.1 Å². The Balaban J connectivity index is 1.29. The number of carbonyl (C=O) groups excluding carboxylic acids is 2. The molecule has 1 aliphatic carbocycles. The molecule has 2 aliphatic rings. The first kappa shape index (κ1) is 23.6. The van der Waals surface area contributed by atoms with Gasteiger partial charge in [0.2, 0.25) is 5.91 Å². The number of piperazine rings is 1. The summed E-state index contributed by atoms with van der Waals surface area (Å²) >= 11 is 2.98. The number of aryl methyl sites for hydroxylation is 1. The average Bonchev–Trinajstić information content (AvgIpc) is 3.66. The minimum atomic E-state index is -0.0484. The van der Waals surface area contributed by atoms with Gasteiger partial charge in [0.15, 0.2) is 5.13 Å². The summed E-state index contributed by atoms with van der Waals surface area (Å²) in [7, 11) is 1.59. The van der Waals surface area contributed by atoms with E-state index in [1.54, 1.807) is 19.5 Å². The van der Waals surface area contributed by atoms with Crippen molar-refractivity contribution in [1.29, 1.82) is 0 Å². The zero-order valence-corrected chi connectivity index (χ0v) is 21.2. The fourth-order valence-electron chi connectivity index (χ4n) is 3.91. The highest BCUT2D eigenvalue weighted by atomic mass is 32.2. The van der Waals surface area contributed by atoms with Crippen LogP contribution in [0.3, 0.4) is 0 Å². The Morgan fingerprint density at radius 1 is 1.17 bits per heavy atom. The summed E-state index contributed by atoms with van der Waals surface area (Å²) in [6, 6.07) is 5.69. The number of anilines is 2. The van der Waals surface area contributed by atoms with Gasteiger partial charge in [-0.3, -0.25) is 9.59 Å². The number of rotatable bonds is 7. The summed E-state index contributed by atoms with van der Waals surface area (Å²) < 4.78 is 6.51. The Hall–Kier alpha value is -3.18. The second kappa shape index (κ2) is 10.2. The molecule has 5 rings (SSSR count). The number of hydrogen-bond acceptors (Lipinski definition) is 9. The Labute approximate surface area is 211 Å². The molecule has 35 heavy (non-hydrogen) atoms. The monoisotopic (exact) mass is 510 g/mol. The average molecular weight is 511 g/mol. The van der Waals surface area contributed by atoms with Crippen LogP contribution in [0.15, 0.2) is 46.0 Å².